The van der Waals surface area contributed by atoms with Crippen molar-refractivity contribution >= 4 is 11.7 Å². The van der Waals surface area contributed by atoms with Gasteiger partial charge in [0.1, 0.15) is 0 Å². The Balaban J connectivity index is 2.79. The van der Waals surface area contributed by atoms with Crippen LogP contribution < -0.4 is 11.2 Å². The first-order chi connectivity index (χ1) is 7.30. The molecule has 0 bridgehead atoms. The quantitative estimate of drug-likeness (QED) is 0.615. The zero-order valence-electron chi connectivity index (χ0n) is 9.95. The molecular weight excluding hydrogens is 206 g/mol. The molecule has 0 saturated carbocycles. The Morgan fingerprint density at radius 3 is 2.81 bits per heavy atom. The van der Waals surface area contributed by atoms with Crippen molar-refractivity contribution in [3.8, 4) is 0 Å². The number of aliphatic hydroxyl groups is 1. The second-order valence-corrected chi connectivity index (χ2v) is 4.71. The van der Waals surface area contributed by atoms with E-state index in [0.717, 1.165) is 17.7 Å². The van der Waals surface area contributed by atoms with Gasteiger partial charge in [-0.3, -0.25) is 0 Å². The molecule has 5 nitrogen and oxygen atoms in total. The molecular formula is C11H19N3O2. The van der Waals surface area contributed by atoms with Gasteiger partial charge >= 0.3 is 6.03 Å². The molecule has 0 aromatic heterocycles. The van der Waals surface area contributed by atoms with Crippen LogP contribution in [-0.4, -0.2) is 22.5 Å². The monoisotopic (exact) mass is 225 g/mol. The minimum absolute atomic E-state index is 0.115. The molecule has 16 heavy (non-hydrogen) atoms. The smallest absolute Gasteiger partial charge is 0.332 e. The Bertz CT molecular complexity index is 340. The molecule has 0 heterocycles. The fourth-order valence-electron chi connectivity index (χ4n) is 1.71. The van der Waals surface area contributed by atoms with Crippen molar-refractivity contribution in [2.45, 2.75) is 39.2 Å². The van der Waals surface area contributed by atoms with E-state index in [1.165, 1.54) is 0 Å². The van der Waals surface area contributed by atoms with Gasteiger partial charge in [0, 0.05) is 0 Å². The molecule has 1 rings (SSSR count). The van der Waals surface area contributed by atoms with E-state index in [1.807, 2.05) is 13.0 Å². The first-order valence-corrected chi connectivity index (χ1v) is 5.32. The predicted molar refractivity (Wildman–Crippen MR) is 62.9 cm³/mol. The first-order valence-electron chi connectivity index (χ1n) is 5.32. The van der Waals surface area contributed by atoms with E-state index in [1.54, 1.807) is 13.8 Å². The standard InChI is InChI=1S/C11H19N3O2/c1-7-4-5-8(11(2,3)16)6-9(7)13-14-10(12)15/h4,8,16H,5-6H2,1-3H3,(H3,12,14,15)/b13-9+/t8-/m0/s1. The van der Waals surface area contributed by atoms with Gasteiger partial charge in [-0.1, -0.05) is 6.08 Å². The fourth-order valence-corrected chi connectivity index (χ4v) is 1.71. The zero-order valence-corrected chi connectivity index (χ0v) is 9.95. The first kappa shape index (κ1) is 12.7. The lowest BCUT2D eigenvalue weighted by Crippen LogP contribution is -2.35. The van der Waals surface area contributed by atoms with Gasteiger partial charge in [0.2, 0.25) is 0 Å². The number of nitrogens with two attached hydrogens (primary N) is 1. The van der Waals surface area contributed by atoms with Crippen molar-refractivity contribution in [2.24, 2.45) is 16.8 Å². The summed E-state index contributed by atoms with van der Waals surface area (Å²) < 4.78 is 0. The Kier molecular flexibility index (Phi) is 3.70. The third kappa shape index (κ3) is 3.34. The number of rotatable bonds is 2. The van der Waals surface area contributed by atoms with Gasteiger partial charge in [-0.05, 0) is 45.1 Å². The highest BCUT2D eigenvalue weighted by Gasteiger charge is 2.30. The van der Waals surface area contributed by atoms with E-state index in [9.17, 15) is 9.90 Å². The lowest BCUT2D eigenvalue weighted by Gasteiger charge is -2.31. The van der Waals surface area contributed by atoms with E-state index in [4.69, 9.17) is 5.73 Å². The number of primary amides is 1. The summed E-state index contributed by atoms with van der Waals surface area (Å²) in [4.78, 5) is 10.6. The Labute approximate surface area is 95.4 Å². The van der Waals surface area contributed by atoms with Crippen LogP contribution in [-0.2, 0) is 0 Å². The number of amides is 2. The van der Waals surface area contributed by atoms with Crippen LogP contribution >= 0.6 is 0 Å². The number of hydrogen-bond acceptors (Lipinski definition) is 3. The molecule has 0 unspecified atom stereocenters. The van der Waals surface area contributed by atoms with Gasteiger partial charge in [0.15, 0.2) is 0 Å². The van der Waals surface area contributed by atoms with E-state index in [-0.39, 0.29) is 5.92 Å². The largest absolute Gasteiger partial charge is 0.390 e. The minimum Gasteiger partial charge on any atom is -0.390 e. The molecule has 0 saturated heterocycles. The van der Waals surface area contributed by atoms with Crippen LogP contribution in [0, 0.1) is 5.92 Å². The summed E-state index contributed by atoms with van der Waals surface area (Å²) in [5.74, 6) is 0.115. The molecule has 0 aromatic carbocycles. The Hall–Kier alpha value is -1.36. The third-order valence-electron chi connectivity index (χ3n) is 2.90. The molecule has 0 aliphatic heterocycles. The van der Waals surface area contributed by atoms with Gasteiger partial charge in [0.05, 0.1) is 11.3 Å². The molecule has 5 heteroatoms. The third-order valence-corrected chi connectivity index (χ3v) is 2.90. The fraction of sp³-hybridized carbons (Fsp3) is 0.636. The van der Waals surface area contributed by atoms with Gasteiger partial charge in [-0.15, -0.1) is 0 Å². The second kappa shape index (κ2) is 4.65. The molecule has 0 radical (unpaired) electrons. The van der Waals surface area contributed by atoms with Crippen LogP contribution in [0.5, 0.6) is 0 Å². The maximum Gasteiger partial charge on any atom is 0.332 e. The summed E-state index contributed by atoms with van der Waals surface area (Å²) in [6.45, 7) is 5.50. The average molecular weight is 225 g/mol. The molecule has 0 fully saturated rings. The summed E-state index contributed by atoms with van der Waals surface area (Å²) in [5.41, 5.74) is 8.22. The topological polar surface area (TPSA) is 87.7 Å². The molecule has 1 aliphatic rings. The van der Waals surface area contributed by atoms with E-state index in [2.05, 4.69) is 10.5 Å². The predicted octanol–water partition coefficient (Wildman–Crippen LogP) is 1.14. The minimum atomic E-state index is -0.745. The summed E-state index contributed by atoms with van der Waals surface area (Å²) in [7, 11) is 0. The highest BCUT2D eigenvalue weighted by atomic mass is 16.3. The summed E-state index contributed by atoms with van der Waals surface area (Å²) >= 11 is 0. The van der Waals surface area contributed by atoms with Gasteiger partial charge in [-0.2, -0.15) is 5.10 Å². The zero-order chi connectivity index (χ0) is 12.3. The summed E-state index contributed by atoms with van der Waals surface area (Å²) in [5, 5.41) is 13.9. The number of hydrazone groups is 1. The van der Waals surface area contributed by atoms with Gasteiger partial charge in [-0.25, -0.2) is 10.2 Å². The normalized spacial score (nSPS) is 24.1. The van der Waals surface area contributed by atoms with E-state index >= 15 is 0 Å². The van der Waals surface area contributed by atoms with Crippen molar-refractivity contribution in [1.82, 2.24) is 5.43 Å². The highest BCUT2D eigenvalue weighted by molar-refractivity contribution is 6.00. The van der Waals surface area contributed by atoms with Crippen molar-refractivity contribution in [2.75, 3.05) is 0 Å². The highest BCUT2D eigenvalue weighted by Crippen LogP contribution is 2.30. The van der Waals surface area contributed by atoms with E-state index in [0.29, 0.717) is 6.42 Å². The van der Waals surface area contributed by atoms with Crippen LogP contribution in [0.3, 0.4) is 0 Å². The van der Waals surface area contributed by atoms with Crippen molar-refractivity contribution in [3.63, 3.8) is 0 Å². The van der Waals surface area contributed by atoms with E-state index < -0.39 is 11.6 Å². The molecule has 2 amide bonds. The average Bonchev–Trinajstić information content (AvgIpc) is 2.14. The maximum absolute atomic E-state index is 10.6. The molecule has 0 spiro atoms. The van der Waals surface area contributed by atoms with Crippen molar-refractivity contribution in [1.29, 1.82) is 0 Å². The number of urea groups is 1. The molecule has 4 N–H and O–H groups in total. The maximum atomic E-state index is 10.6. The molecule has 1 aliphatic carbocycles. The Morgan fingerprint density at radius 2 is 2.31 bits per heavy atom. The number of carbonyl (C=O) groups is 1. The summed E-state index contributed by atoms with van der Waals surface area (Å²) in [6, 6.07) is -0.675. The number of carbonyl (C=O) groups excluding carboxylic acids is 1. The molecule has 90 valence electrons. The van der Waals surface area contributed by atoms with Crippen LogP contribution in [0.4, 0.5) is 4.79 Å². The van der Waals surface area contributed by atoms with Crippen molar-refractivity contribution < 1.29 is 9.90 Å². The van der Waals surface area contributed by atoms with Crippen molar-refractivity contribution in [3.05, 3.63) is 11.6 Å². The number of allylic oxidation sites excluding steroid dienone is 2. The summed E-state index contributed by atoms with van der Waals surface area (Å²) in [6.07, 6.45) is 3.49. The SMILES string of the molecule is CC1=CC[C@H](C(C)(C)O)C/C1=N\NC(N)=O. The van der Waals surface area contributed by atoms with Gasteiger partial charge < -0.3 is 10.8 Å². The Morgan fingerprint density at radius 1 is 1.69 bits per heavy atom. The lowest BCUT2D eigenvalue weighted by atomic mass is 9.79. The van der Waals surface area contributed by atoms with Crippen LogP contribution in [0.25, 0.3) is 0 Å². The number of nitrogens with zero attached hydrogens (tertiary/aromatic N) is 1. The molecule has 1 atom stereocenters. The van der Waals surface area contributed by atoms with Gasteiger partial charge in [0.25, 0.3) is 0 Å². The number of nitrogens with one attached hydrogen (secondary N) is 1. The lowest BCUT2D eigenvalue weighted by molar-refractivity contribution is 0.0204. The van der Waals surface area contributed by atoms with Crippen LogP contribution in [0.15, 0.2) is 16.8 Å². The molecule has 0 aromatic rings. The van der Waals surface area contributed by atoms with Crippen LogP contribution in [0.2, 0.25) is 0 Å². The second-order valence-electron chi connectivity index (χ2n) is 4.71. The van der Waals surface area contributed by atoms with Crippen LogP contribution in [0.1, 0.15) is 33.6 Å². The number of hydrogen-bond donors (Lipinski definition) is 3.